The fourth-order valence-corrected chi connectivity index (χ4v) is 3.36. The molecule has 1 aromatic rings. The number of nitrogens with zero attached hydrogens (tertiary/aromatic N) is 2. The Morgan fingerprint density at radius 1 is 1.50 bits per heavy atom. The third-order valence-electron chi connectivity index (χ3n) is 3.20. The number of rotatable bonds is 2. The summed E-state index contributed by atoms with van der Waals surface area (Å²) in [5, 5.41) is 0. The highest BCUT2D eigenvalue weighted by Crippen LogP contribution is 2.32. The largest absolute Gasteiger partial charge is 0.388 e. The SMILES string of the molecule is CC1(C)CCN(c2cccnc2C(N)=S)CCS1. The van der Waals surface area contributed by atoms with E-state index < -0.39 is 0 Å². The molecule has 0 spiro atoms. The molecule has 2 rings (SSSR count). The average molecular weight is 281 g/mol. The summed E-state index contributed by atoms with van der Waals surface area (Å²) in [6, 6.07) is 4.00. The van der Waals surface area contributed by atoms with Gasteiger partial charge in [0.25, 0.3) is 0 Å². The number of hydrogen-bond acceptors (Lipinski definition) is 4. The Bertz CT molecular complexity index is 446. The highest BCUT2D eigenvalue weighted by Gasteiger charge is 2.25. The van der Waals surface area contributed by atoms with Gasteiger partial charge in [0, 0.05) is 29.8 Å². The molecule has 3 nitrogen and oxygen atoms in total. The van der Waals surface area contributed by atoms with Crippen molar-refractivity contribution in [3.63, 3.8) is 0 Å². The molecule has 0 unspecified atom stereocenters. The van der Waals surface area contributed by atoms with Gasteiger partial charge >= 0.3 is 0 Å². The van der Waals surface area contributed by atoms with Gasteiger partial charge in [0.2, 0.25) is 0 Å². The fraction of sp³-hybridized carbons (Fsp3) is 0.538. The van der Waals surface area contributed by atoms with E-state index in [1.807, 2.05) is 17.8 Å². The standard InChI is InChI=1S/C13H19N3S2/c1-13(2)5-7-16(8-9-18-13)10-4-3-6-15-11(10)12(14)17/h3-4,6H,5,7-9H2,1-2H3,(H2,14,17). The van der Waals surface area contributed by atoms with Crippen molar-refractivity contribution >= 4 is 34.7 Å². The van der Waals surface area contributed by atoms with E-state index in [1.54, 1.807) is 6.20 Å². The molecule has 1 saturated heterocycles. The zero-order chi connectivity index (χ0) is 13.2. The molecule has 0 aromatic carbocycles. The zero-order valence-corrected chi connectivity index (χ0v) is 12.5. The Kier molecular flexibility index (Phi) is 4.12. The van der Waals surface area contributed by atoms with E-state index in [4.69, 9.17) is 18.0 Å². The van der Waals surface area contributed by atoms with Gasteiger partial charge in [-0.1, -0.05) is 26.1 Å². The fourth-order valence-electron chi connectivity index (χ4n) is 2.10. The van der Waals surface area contributed by atoms with Crippen molar-refractivity contribution in [3.8, 4) is 0 Å². The lowest BCUT2D eigenvalue weighted by molar-refractivity contribution is 0.637. The van der Waals surface area contributed by atoms with Crippen LogP contribution in [0.2, 0.25) is 0 Å². The van der Waals surface area contributed by atoms with Gasteiger partial charge in [0.1, 0.15) is 10.7 Å². The second-order valence-electron chi connectivity index (χ2n) is 5.08. The van der Waals surface area contributed by atoms with Gasteiger partial charge < -0.3 is 10.6 Å². The van der Waals surface area contributed by atoms with Crippen LogP contribution in [0.5, 0.6) is 0 Å². The van der Waals surface area contributed by atoms with E-state index in [0.29, 0.717) is 9.74 Å². The normalized spacial score (nSPS) is 19.3. The summed E-state index contributed by atoms with van der Waals surface area (Å²) in [4.78, 5) is 7.03. The second-order valence-corrected chi connectivity index (χ2v) is 7.32. The van der Waals surface area contributed by atoms with E-state index in [-0.39, 0.29) is 0 Å². The van der Waals surface area contributed by atoms with Crippen molar-refractivity contribution in [1.82, 2.24) is 4.98 Å². The van der Waals surface area contributed by atoms with Crippen molar-refractivity contribution in [2.24, 2.45) is 5.73 Å². The maximum Gasteiger partial charge on any atom is 0.124 e. The first kappa shape index (κ1) is 13.6. The quantitative estimate of drug-likeness (QED) is 0.843. The molecule has 1 aromatic heterocycles. The Labute approximate surface area is 118 Å². The van der Waals surface area contributed by atoms with Crippen LogP contribution in [0.15, 0.2) is 18.3 Å². The number of pyridine rings is 1. The van der Waals surface area contributed by atoms with Gasteiger partial charge in [-0.15, -0.1) is 0 Å². The Balaban J connectivity index is 2.24. The van der Waals surface area contributed by atoms with E-state index in [9.17, 15) is 0 Å². The molecule has 0 atom stereocenters. The summed E-state index contributed by atoms with van der Waals surface area (Å²) in [6.07, 6.45) is 2.90. The minimum atomic E-state index is 0.348. The third kappa shape index (κ3) is 3.14. The minimum absolute atomic E-state index is 0.348. The van der Waals surface area contributed by atoms with Gasteiger partial charge in [-0.25, -0.2) is 0 Å². The zero-order valence-electron chi connectivity index (χ0n) is 10.8. The van der Waals surface area contributed by atoms with Crippen LogP contribution < -0.4 is 10.6 Å². The molecule has 1 fully saturated rings. The van der Waals surface area contributed by atoms with Crippen LogP contribution in [-0.2, 0) is 0 Å². The van der Waals surface area contributed by atoms with E-state index >= 15 is 0 Å². The second kappa shape index (κ2) is 5.45. The van der Waals surface area contributed by atoms with Crippen LogP contribution >= 0.6 is 24.0 Å². The maximum atomic E-state index is 5.75. The molecule has 0 aliphatic carbocycles. The number of thiocarbonyl (C=S) groups is 1. The number of thioether (sulfide) groups is 1. The molecule has 98 valence electrons. The molecule has 1 aliphatic rings. The summed E-state index contributed by atoms with van der Waals surface area (Å²) in [5.74, 6) is 1.12. The summed E-state index contributed by atoms with van der Waals surface area (Å²) >= 11 is 7.11. The predicted molar refractivity (Wildman–Crippen MR) is 83.5 cm³/mol. The molecular formula is C13H19N3S2. The third-order valence-corrected chi connectivity index (χ3v) is 4.76. The van der Waals surface area contributed by atoms with Crippen molar-refractivity contribution in [2.75, 3.05) is 23.7 Å². The van der Waals surface area contributed by atoms with E-state index in [0.717, 1.165) is 36.6 Å². The van der Waals surface area contributed by atoms with Crippen LogP contribution in [0.4, 0.5) is 5.69 Å². The summed E-state index contributed by atoms with van der Waals surface area (Å²) in [6.45, 7) is 6.66. The van der Waals surface area contributed by atoms with Gasteiger partial charge in [-0.2, -0.15) is 11.8 Å². The lowest BCUT2D eigenvalue weighted by atomic mass is 10.1. The van der Waals surface area contributed by atoms with Gasteiger partial charge in [0.05, 0.1) is 5.69 Å². The molecular weight excluding hydrogens is 262 g/mol. The van der Waals surface area contributed by atoms with Crippen LogP contribution in [-0.4, -0.2) is 33.6 Å². The van der Waals surface area contributed by atoms with E-state index in [1.165, 1.54) is 0 Å². The molecule has 1 aliphatic heterocycles. The van der Waals surface area contributed by atoms with Crippen molar-refractivity contribution in [3.05, 3.63) is 24.0 Å². The van der Waals surface area contributed by atoms with E-state index in [2.05, 4.69) is 29.8 Å². The monoisotopic (exact) mass is 281 g/mol. The first-order chi connectivity index (χ1) is 8.49. The number of nitrogens with two attached hydrogens (primary N) is 1. The molecule has 2 N–H and O–H groups in total. The Morgan fingerprint density at radius 2 is 2.28 bits per heavy atom. The maximum absolute atomic E-state index is 5.75. The van der Waals surface area contributed by atoms with Crippen molar-refractivity contribution < 1.29 is 0 Å². The van der Waals surface area contributed by atoms with Crippen LogP contribution in [0.25, 0.3) is 0 Å². The molecule has 5 heteroatoms. The minimum Gasteiger partial charge on any atom is -0.388 e. The smallest absolute Gasteiger partial charge is 0.124 e. The first-order valence-electron chi connectivity index (χ1n) is 6.13. The topological polar surface area (TPSA) is 42.2 Å². The molecule has 0 bridgehead atoms. The average Bonchev–Trinajstić information content (AvgIpc) is 2.50. The van der Waals surface area contributed by atoms with Crippen LogP contribution in [0.3, 0.4) is 0 Å². The number of anilines is 1. The van der Waals surface area contributed by atoms with Crippen LogP contribution in [0, 0.1) is 0 Å². The lowest BCUT2D eigenvalue weighted by Gasteiger charge is -2.25. The number of aromatic nitrogens is 1. The van der Waals surface area contributed by atoms with Gasteiger partial charge in [-0.05, 0) is 18.6 Å². The van der Waals surface area contributed by atoms with Crippen LogP contribution in [0.1, 0.15) is 26.0 Å². The molecule has 0 amide bonds. The highest BCUT2D eigenvalue weighted by atomic mass is 32.2. The first-order valence-corrected chi connectivity index (χ1v) is 7.53. The molecule has 18 heavy (non-hydrogen) atoms. The van der Waals surface area contributed by atoms with Crippen molar-refractivity contribution in [1.29, 1.82) is 0 Å². The Hall–Kier alpha value is -0.810. The summed E-state index contributed by atoms with van der Waals surface area (Å²) < 4.78 is 0.348. The Morgan fingerprint density at radius 3 is 3.00 bits per heavy atom. The van der Waals surface area contributed by atoms with Gasteiger partial charge in [0.15, 0.2) is 0 Å². The summed E-state index contributed by atoms with van der Waals surface area (Å²) in [7, 11) is 0. The molecule has 0 radical (unpaired) electrons. The molecule has 2 heterocycles. The van der Waals surface area contributed by atoms with Crippen molar-refractivity contribution in [2.45, 2.75) is 25.0 Å². The highest BCUT2D eigenvalue weighted by molar-refractivity contribution is 8.00. The summed E-state index contributed by atoms with van der Waals surface area (Å²) in [5.41, 5.74) is 7.57. The van der Waals surface area contributed by atoms with Gasteiger partial charge in [-0.3, -0.25) is 4.98 Å². The lowest BCUT2D eigenvalue weighted by Crippen LogP contribution is -2.29. The molecule has 0 saturated carbocycles. The predicted octanol–water partition coefficient (Wildman–Crippen LogP) is 2.44. The number of hydrogen-bond donors (Lipinski definition) is 1.